The van der Waals surface area contributed by atoms with Gasteiger partial charge in [0.05, 0.1) is 28.2 Å². The molecule has 0 bridgehead atoms. The van der Waals surface area contributed by atoms with Crippen molar-refractivity contribution in [2.45, 2.75) is 17.9 Å². The number of nitrogens with zero attached hydrogens (tertiary/aromatic N) is 3. The van der Waals surface area contributed by atoms with Crippen molar-refractivity contribution in [2.75, 3.05) is 38.5 Å². The van der Waals surface area contributed by atoms with Gasteiger partial charge in [-0.1, -0.05) is 54.1 Å². The number of thioether (sulfide) groups is 1. The Kier molecular flexibility index (Phi) is 9.38. The highest BCUT2D eigenvalue weighted by molar-refractivity contribution is 8.00. The molecule has 1 aliphatic rings. The van der Waals surface area contributed by atoms with E-state index >= 15 is 0 Å². The van der Waals surface area contributed by atoms with E-state index in [0.717, 1.165) is 22.9 Å². The summed E-state index contributed by atoms with van der Waals surface area (Å²) in [6.45, 7) is 4.21. The molecule has 1 aliphatic heterocycles. The molecule has 0 radical (unpaired) electrons. The van der Waals surface area contributed by atoms with Crippen molar-refractivity contribution in [3.05, 3.63) is 105 Å². The van der Waals surface area contributed by atoms with Gasteiger partial charge in [0, 0.05) is 42.8 Å². The van der Waals surface area contributed by atoms with Gasteiger partial charge in [-0.3, -0.25) is 24.6 Å². The van der Waals surface area contributed by atoms with Crippen molar-refractivity contribution in [3.8, 4) is 0 Å². The van der Waals surface area contributed by atoms with Crippen molar-refractivity contribution in [1.29, 1.82) is 0 Å². The quantitative estimate of drug-likeness (QED) is 0.150. The number of halogens is 1. The fourth-order valence-corrected chi connectivity index (χ4v) is 5.44. The number of nitro groups is 1. The first kappa shape index (κ1) is 27.6. The zero-order valence-corrected chi connectivity index (χ0v) is 22.5. The second-order valence-electron chi connectivity index (χ2n) is 8.73. The molecule has 198 valence electrons. The average Bonchev–Trinajstić information content (AvgIpc) is 2.94. The molecular formula is C28H28ClN3O5S. The first-order chi connectivity index (χ1) is 18.4. The molecule has 0 spiro atoms. The molecule has 0 aliphatic carbocycles. The van der Waals surface area contributed by atoms with Gasteiger partial charge in [-0.25, -0.2) is 0 Å². The Bertz CT molecular complexity index is 1280. The van der Waals surface area contributed by atoms with E-state index in [9.17, 15) is 19.7 Å². The summed E-state index contributed by atoms with van der Waals surface area (Å²) < 4.78 is 4.89. The summed E-state index contributed by atoms with van der Waals surface area (Å²) in [6, 6.07) is 22.4. The van der Waals surface area contributed by atoms with Crippen LogP contribution in [0.3, 0.4) is 0 Å². The van der Waals surface area contributed by atoms with Crippen LogP contribution in [-0.2, 0) is 9.53 Å². The van der Waals surface area contributed by atoms with Gasteiger partial charge in [0.1, 0.15) is 0 Å². The molecule has 3 aromatic rings. The van der Waals surface area contributed by atoms with Crippen LogP contribution in [0.15, 0.2) is 77.7 Å². The minimum Gasteiger partial charge on any atom is -0.465 e. The molecule has 0 N–H and O–H groups in total. The molecule has 1 saturated heterocycles. The van der Waals surface area contributed by atoms with E-state index in [1.165, 1.54) is 12.1 Å². The van der Waals surface area contributed by atoms with E-state index in [2.05, 4.69) is 17.0 Å². The Morgan fingerprint density at radius 3 is 2.29 bits per heavy atom. The Hall–Kier alpha value is -3.40. The van der Waals surface area contributed by atoms with Gasteiger partial charge in [-0.2, -0.15) is 0 Å². The Morgan fingerprint density at radius 2 is 1.66 bits per heavy atom. The molecule has 10 heteroatoms. The van der Waals surface area contributed by atoms with Crippen LogP contribution in [0.5, 0.6) is 0 Å². The van der Waals surface area contributed by atoms with Crippen molar-refractivity contribution < 1.29 is 19.2 Å². The summed E-state index contributed by atoms with van der Waals surface area (Å²) in [5.41, 5.74) is 2.33. The lowest BCUT2D eigenvalue weighted by atomic mass is 9.96. The predicted octanol–water partition coefficient (Wildman–Crippen LogP) is 5.45. The van der Waals surface area contributed by atoms with Gasteiger partial charge < -0.3 is 9.64 Å². The lowest BCUT2D eigenvalue weighted by molar-refractivity contribution is -0.387. The molecule has 38 heavy (non-hydrogen) atoms. The van der Waals surface area contributed by atoms with Crippen molar-refractivity contribution in [1.82, 2.24) is 9.80 Å². The van der Waals surface area contributed by atoms with E-state index in [-0.39, 0.29) is 35.6 Å². The van der Waals surface area contributed by atoms with Crippen molar-refractivity contribution in [3.63, 3.8) is 0 Å². The number of carbonyl (C=O) groups excluding carboxylic acids is 2. The predicted molar refractivity (Wildman–Crippen MR) is 148 cm³/mol. The Morgan fingerprint density at radius 1 is 1.00 bits per heavy atom. The third-order valence-electron chi connectivity index (χ3n) is 6.32. The Labute approximate surface area is 230 Å². The maximum atomic E-state index is 13.3. The monoisotopic (exact) mass is 553 g/mol. The van der Waals surface area contributed by atoms with Crippen LogP contribution in [-0.4, -0.2) is 65.1 Å². The molecule has 0 saturated carbocycles. The van der Waals surface area contributed by atoms with Crippen LogP contribution < -0.4 is 0 Å². The van der Waals surface area contributed by atoms with Gasteiger partial charge >= 0.3 is 5.97 Å². The second-order valence-corrected chi connectivity index (χ2v) is 10.2. The van der Waals surface area contributed by atoms with Crippen molar-refractivity contribution >= 4 is 40.9 Å². The number of benzene rings is 3. The third-order valence-corrected chi connectivity index (χ3v) is 7.61. The minimum atomic E-state index is -0.529. The zero-order valence-electron chi connectivity index (χ0n) is 20.9. The summed E-state index contributed by atoms with van der Waals surface area (Å²) in [5, 5.41) is 12.4. The molecule has 1 fully saturated rings. The number of rotatable bonds is 9. The van der Waals surface area contributed by atoms with E-state index in [1.807, 2.05) is 42.5 Å². The molecule has 1 heterocycles. The number of nitro benzene ring substituents is 1. The molecular weight excluding hydrogens is 526 g/mol. The zero-order chi connectivity index (χ0) is 27.1. The maximum Gasteiger partial charge on any atom is 0.316 e. The molecule has 1 unspecified atom stereocenters. The summed E-state index contributed by atoms with van der Waals surface area (Å²) in [5.74, 6) is -0.741. The van der Waals surface area contributed by atoms with Crippen LogP contribution in [0.4, 0.5) is 5.69 Å². The van der Waals surface area contributed by atoms with Gasteiger partial charge in [0.15, 0.2) is 0 Å². The van der Waals surface area contributed by atoms with Crippen molar-refractivity contribution in [2.24, 2.45) is 0 Å². The largest absolute Gasteiger partial charge is 0.465 e. The first-order valence-electron chi connectivity index (χ1n) is 12.3. The number of hydrogen-bond donors (Lipinski definition) is 0. The average molecular weight is 554 g/mol. The summed E-state index contributed by atoms with van der Waals surface area (Å²) in [7, 11) is 0. The third kappa shape index (κ3) is 6.72. The number of piperazine rings is 1. The van der Waals surface area contributed by atoms with Crippen LogP contribution in [0, 0.1) is 10.1 Å². The van der Waals surface area contributed by atoms with Crippen LogP contribution in [0.2, 0.25) is 5.02 Å². The highest BCUT2D eigenvalue weighted by Gasteiger charge is 2.29. The van der Waals surface area contributed by atoms with Gasteiger partial charge in [-0.15, -0.1) is 11.8 Å². The molecule has 1 atom stereocenters. The topological polar surface area (TPSA) is 93.0 Å². The SMILES string of the molecule is CCOC(=O)CSc1ccc(C(=O)N2CCN(C(c3ccccc3)c3ccc(Cl)cc3)CC2)cc1[N+](=O)[O-]. The van der Waals surface area contributed by atoms with Crippen LogP contribution in [0.1, 0.15) is 34.5 Å². The number of hydrogen-bond acceptors (Lipinski definition) is 7. The van der Waals surface area contributed by atoms with E-state index in [1.54, 1.807) is 17.9 Å². The van der Waals surface area contributed by atoms with E-state index in [4.69, 9.17) is 16.3 Å². The number of carbonyl (C=O) groups is 2. The molecule has 3 aromatic carbocycles. The molecule has 1 amide bonds. The summed E-state index contributed by atoms with van der Waals surface area (Å²) in [4.78, 5) is 40.5. The van der Waals surface area contributed by atoms with Crippen LogP contribution >= 0.6 is 23.4 Å². The standard InChI is InChI=1S/C28H28ClN3O5S/c1-2-37-26(33)19-38-25-13-10-22(18-24(25)32(35)36)28(34)31-16-14-30(15-17-31)27(20-6-4-3-5-7-20)21-8-11-23(29)12-9-21/h3-13,18,27H,2,14-17,19H2,1H3. The number of esters is 1. The summed E-state index contributed by atoms with van der Waals surface area (Å²) in [6.07, 6.45) is 0. The number of ether oxygens (including phenoxy) is 1. The molecule has 8 nitrogen and oxygen atoms in total. The number of amides is 1. The second kappa shape index (κ2) is 12.9. The highest BCUT2D eigenvalue weighted by Crippen LogP contribution is 2.32. The first-order valence-corrected chi connectivity index (χ1v) is 13.6. The fourth-order valence-electron chi connectivity index (χ4n) is 4.51. The highest BCUT2D eigenvalue weighted by atomic mass is 35.5. The van der Waals surface area contributed by atoms with E-state index in [0.29, 0.717) is 36.1 Å². The molecule has 4 rings (SSSR count). The van der Waals surface area contributed by atoms with Crippen LogP contribution in [0.25, 0.3) is 0 Å². The van der Waals surface area contributed by atoms with E-state index < -0.39 is 10.9 Å². The fraction of sp³-hybridized carbons (Fsp3) is 0.286. The minimum absolute atomic E-state index is 0.0162. The van der Waals surface area contributed by atoms with Gasteiger partial charge in [-0.05, 0) is 42.3 Å². The normalized spacial score (nSPS) is 14.6. The Balaban J connectivity index is 1.47. The van der Waals surface area contributed by atoms with Gasteiger partial charge in [0.2, 0.25) is 0 Å². The smallest absolute Gasteiger partial charge is 0.316 e. The molecule has 0 aromatic heterocycles. The van der Waals surface area contributed by atoms with Gasteiger partial charge in [0.25, 0.3) is 11.6 Å². The lowest BCUT2D eigenvalue weighted by Crippen LogP contribution is -2.49. The summed E-state index contributed by atoms with van der Waals surface area (Å²) >= 11 is 7.15. The lowest BCUT2D eigenvalue weighted by Gasteiger charge is -2.39. The maximum absolute atomic E-state index is 13.3.